The van der Waals surface area contributed by atoms with E-state index in [4.69, 9.17) is 11.6 Å². The molecule has 0 saturated carbocycles. The van der Waals surface area contributed by atoms with Crippen LogP contribution in [0.4, 0.5) is 0 Å². The third-order valence-electron chi connectivity index (χ3n) is 4.39. The first-order chi connectivity index (χ1) is 12.6. The lowest BCUT2D eigenvalue weighted by atomic mass is 10.1. The van der Waals surface area contributed by atoms with Gasteiger partial charge in [-0.3, -0.25) is 9.59 Å². The van der Waals surface area contributed by atoms with E-state index in [1.165, 1.54) is 0 Å². The van der Waals surface area contributed by atoms with Gasteiger partial charge in [0.1, 0.15) is 6.04 Å². The molecule has 0 heterocycles. The normalized spacial score (nSPS) is 11.7. The number of hydrogen-bond donors (Lipinski definition) is 1. The topological polar surface area (TPSA) is 49.4 Å². The zero-order valence-electron chi connectivity index (χ0n) is 15.2. The zero-order valence-corrected chi connectivity index (χ0v) is 16.0. The molecule has 0 aliphatic rings. The lowest BCUT2D eigenvalue weighted by Gasteiger charge is -2.30. The Kier molecular flexibility index (Phi) is 7.67. The molecular formula is C21H25ClN2O2. The molecule has 2 aromatic rings. The molecule has 4 nitrogen and oxygen atoms in total. The monoisotopic (exact) mass is 372 g/mol. The minimum atomic E-state index is -0.487. The van der Waals surface area contributed by atoms with Crippen molar-refractivity contribution in [2.24, 2.45) is 0 Å². The summed E-state index contributed by atoms with van der Waals surface area (Å²) in [5.74, 6) is -0.196. The fourth-order valence-corrected chi connectivity index (χ4v) is 3.18. The molecule has 0 spiro atoms. The minimum Gasteiger partial charge on any atom is -0.357 e. The van der Waals surface area contributed by atoms with E-state index < -0.39 is 6.04 Å². The molecule has 1 atom stereocenters. The SMILES string of the molecule is CC[C@H](C(=O)NC)N(Cc1ccccc1)C(=O)CCc1ccccc1Cl. The van der Waals surface area contributed by atoms with Gasteiger partial charge in [0, 0.05) is 25.0 Å². The van der Waals surface area contributed by atoms with Crippen molar-refractivity contribution >= 4 is 23.4 Å². The molecule has 0 radical (unpaired) electrons. The first-order valence-electron chi connectivity index (χ1n) is 8.85. The van der Waals surface area contributed by atoms with Crippen LogP contribution in [0, 0.1) is 0 Å². The summed E-state index contributed by atoms with van der Waals surface area (Å²) in [6, 6.07) is 16.8. The molecule has 138 valence electrons. The first kappa shape index (κ1) is 20.0. The molecule has 0 aliphatic heterocycles. The van der Waals surface area contributed by atoms with Gasteiger partial charge in [0.2, 0.25) is 11.8 Å². The first-order valence-corrected chi connectivity index (χ1v) is 9.23. The number of nitrogens with zero attached hydrogens (tertiary/aromatic N) is 1. The average Bonchev–Trinajstić information content (AvgIpc) is 2.67. The van der Waals surface area contributed by atoms with E-state index in [0.29, 0.717) is 30.8 Å². The van der Waals surface area contributed by atoms with Crippen molar-refractivity contribution in [3.63, 3.8) is 0 Å². The van der Waals surface area contributed by atoms with Crippen LogP contribution >= 0.6 is 11.6 Å². The van der Waals surface area contributed by atoms with Crippen molar-refractivity contribution in [2.45, 2.75) is 38.8 Å². The highest BCUT2D eigenvalue weighted by Gasteiger charge is 2.27. The standard InChI is InChI=1S/C21H25ClN2O2/c1-3-19(21(26)23-2)24(15-16-9-5-4-6-10-16)20(25)14-13-17-11-7-8-12-18(17)22/h4-12,19H,3,13-15H2,1-2H3,(H,23,26)/t19-/m1/s1. The van der Waals surface area contributed by atoms with Crippen LogP contribution in [-0.2, 0) is 22.6 Å². The molecule has 2 rings (SSSR count). The number of hydrogen-bond acceptors (Lipinski definition) is 2. The lowest BCUT2D eigenvalue weighted by molar-refractivity contribution is -0.141. The van der Waals surface area contributed by atoms with Crippen molar-refractivity contribution in [1.82, 2.24) is 10.2 Å². The Morgan fingerprint density at radius 1 is 1.08 bits per heavy atom. The average molecular weight is 373 g/mol. The molecule has 0 saturated heterocycles. The molecule has 5 heteroatoms. The molecule has 26 heavy (non-hydrogen) atoms. The van der Waals surface area contributed by atoms with Crippen molar-refractivity contribution in [2.75, 3.05) is 7.05 Å². The largest absolute Gasteiger partial charge is 0.357 e. The second kappa shape index (κ2) is 9.97. The Morgan fingerprint density at radius 2 is 1.73 bits per heavy atom. The zero-order chi connectivity index (χ0) is 18.9. The number of likely N-dealkylation sites (N-methyl/N-ethyl adjacent to an activating group) is 1. The van der Waals surface area contributed by atoms with E-state index in [0.717, 1.165) is 11.1 Å². The number of benzene rings is 2. The molecular weight excluding hydrogens is 348 g/mol. The molecule has 0 bridgehead atoms. The van der Waals surface area contributed by atoms with E-state index in [9.17, 15) is 9.59 Å². The van der Waals surface area contributed by atoms with Crippen LogP contribution in [-0.4, -0.2) is 29.8 Å². The van der Waals surface area contributed by atoms with Crippen molar-refractivity contribution in [3.8, 4) is 0 Å². The van der Waals surface area contributed by atoms with Crippen LogP contribution in [0.3, 0.4) is 0 Å². The predicted molar refractivity (Wildman–Crippen MR) is 105 cm³/mol. The van der Waals surface area contributed by atoms with Gasteiger partial charge >= 0.3 is 0 Å². The summed E-state index contributed by atoms with van der Waals surface area (Å²) in [6.07, 6.45) is 1.42. The fraction of sp³-hybridized carbons (Fsp3) is 0.333. The third kappa shape index (κ3) is 5.33. The summed E-state index contributed by atoms with van der Waals surface area (Å²) < 4.78 is 0. The Hall–Kier alpha value is -2.33. The maximum Gasteiger partial charge on any atom is 0.242 e. The molecule has 1 N–H and O–H groups in total. The summed E-state index contributed by atoms with van der Waals surface area (Å²) in [6.45, 7) is 2.33. The van der Waals surface area contributed by atoms with Crippen LogP contribution in [0.15, 0.2) is 54.6 Å². The number of halogens is 1. The lowest BCUT2D eigenvalue weighted by Crippen LogP contribution is -2.48. The van der Waals surface area contributed by atoms with Crippen LogP contribution in [0.5, 0.6) is 0 Å². The van der Waals surface area contributed by atoms with E-state index in [-0.39, 0.29) is 11.8 Å². The highest BCUT2D eigenvalue weighted by Crippen LogP contribution is 2.19. The summed E-state index contributed by atoms with van der Waals surface area (Å²) in [5, 5.41) is 3.33. The number of aryl methyl sites for hydroxylation is 1. The van der Waals surface area contributed by atoms with Crippen LogP contribution in [0.1, 0.15) is 30.9 Å². The minimum absolute atomic E-state index is 0.0516. The predicted octanol–water partition coefficient (Wildman–Crippen LogP) is 3.83. The quantitative estimate of drug-likeness (QED) is 0.765. The number of carbonyl (C=O) groups is 2. The summed E-state index contributed by atoms with van der Waals surface area (Å²) >= 11 is 6.19. The summed E-state index contributed by atoms with van der Waals surface area (Å²) in [5.41, 5.74) is 1.94. The van der Waals surface area contributed by atoms with Crippen molar-refractivity contribution < 1.29 is 9.59 Å². The summed E-state index contributed by atoms with van der Waals surface area (Å²) in [7, 11) is 1.60. The summed E-state index contributed by atoms with van der Waals surface area (Å²) in [4.78, 5) is 26.9. The van der Waals surface area contributed by atoms with Gasteiger partial charge in [0.25, 0.3) is 0 Å². The van der Waals surface area contributed by atoms with Gasteiger partial charge in [-0.05, 0) is 30.0 Å². The van der Waals surface area contributed by atoms with E-state index in [1.54, 1.807) is 11.9 Å². The van der Waals surface area contributed by atoms with Gasteiger partial charge in [-0.15, -0.1) is 0 Å². The van der Waals surface area contributed by atoms with Gasteiger partial charge in [0.15, 0.2) is 0 Å². The number of rotatable bonds is 8. The van der Waals surface area contributed by atoms with Gasteiger partial charge in [-0.25, -0.2) is 0 Å². The second-order valence-electron chi connectivity index (χ2n) is 6.14. The Labute approximate surface area is 160 Å². The van der Waals surface area contributed by atoms with E-state index >= 15 is 0 Å². The smallest absolute Gasteiger partial charge is 0.242 e. The van der Waals surface area contributed by atoms with E-state index in [1.807, 2.05) is 61.5 Å². The van der Waals surface area contributed by atoms with Crippen LogP contribution in [0.2, 0.25) is 5.02 Å². The van der Waals surface area contributed by atoms with Gasteiger partial charge in [-0.2, -0.15) is 0 Å². The molecule has 0 aromatic heterocycles. The van der Waals surface area contributed by atoms with Crippen molar-refractivity contribution in [3.05, 3.63) is 70.7 Å². The van der Waals surface area contributed by atoms with Gasteiger partial charge in [0.05, 0.1) is 0 Å². The second-order valence-corrected chi connectivity index (χ2v) is 6.54. The van der Waals surface area contributed by atoms with Gasteiger partial charge < -0.3 is 10.2 Å². The van der Waals surface area contributed by atoms with E-state index in [2.05, 4.69) is 5.32 Å². The highest BCUT2D eigenvalue weighted by molar-refractivity contribution is 6.31. The van der Waals surface area contributed by atoms with Crippen LogP contribution < -0.4 is 5.32 Å². The molecule has 0 aliphatic carbocycles. The fourth-order valence-electron chi connectivity index (χ4n) is 2.95. The number of nitrogens with one attached hydrogen (secondary N) is 1. The number of amides is 2. The number of carbonyl (C=O) groups excluding carboxylic acids is 2. The molecule has 0 fully saturated rings. The van der Waals surface area contributed by atoms with Crippen molar-refractivity contribution in [1.29, 1.82) is 0 Å². The molecule has 0 unspecified atom stereocenters. The van der Waals surface area contributed by atoms with Crippen LogP contribution in [0.25, 0.3) is 0 Å². The maximum absolute atomic E-state index is 13.0. The molecule has 2 amide bonds. The Balaban J connectivity index is 2.17. The maximum atomic E-state index is 13.0. The molecule has 2 aromatic carbocycles. The Morgan fingerprint density at radius 3 is 2.35 bits per heavy atom. The third-order valence-corrected chi connectivity index (χ3v) is 4.76. The highest BCUT2D eigenvalue weighted by atomic mass is 35.5. The van der Waals surface area contributed by atoms with Gasteiger partial charge in [-0.1, -0.05) is 67.1 Å². The Bertz CT molecular complexity index is 734.